The van der Waals surface area contributed by atoms with E-state index in [1.165, 1.54) is 7.11 Å². The third-order valence-electron chi connectivity index (χ3n) is 3.71. The second-order valence-electron chi connectivity index (χ2n) is 5.36. The molecule has 0 saturated heterocycles. The Kier molecular flexibility index (Phi) is 4.56. The molecule has 3 rings (SSSR count). The zero-order valence-electron chi connectivity index (χ0n) is 13.2. The molecule has 0 aliphatic carbocycles. The average molecular weight is 362 g/mol. The second kappa shape index (κ2) is 6.66. The van der Waals surface area contributed by atoms with E-state index in [1.807, 2.05) is 0 Å². The monoisotopic (exact) mass is 362 g/mol. The molecule has 0 fully saturated rings. The maximum Gasteiger partial charge on any atom is 0.252 e. The van der Waals surface area contributed by atoms with E-state index in [4.69, 9.17) is 4.74 Å². The topological polar surface area (TPSA) is 88.3 Å². The Hall–Kier alpha value is -2.71. The number of methoxy groups -OCH3 is 1. The van der Waals surface area contributed by atoms with Crippen LogP contribution in [0.15, 0.2) is 58.2 Å². The molecule has 0 unspecified atom stereocenters. The van der Waals surface area contributed by atoms with E-state index in [1.54, 1.807) is 24.3 Å². The van der Waals surface area contributed by atoms with Gasteiger partial charge in [-0.3, -0.25) is 4.79 Å². The minimum Gasteiger partial charge on any atom is -0.497 e. The first kappa shape index (κ1) is 17.1. The lowest BCUT2D eigenvalue weighted by Crippen LogP contribution is -2.27. The highest BCUT2D eigenvalue weighted by Gasteiger charge is 2.15. The fourth-order valence-electron chi connectivity index (χ4n) is 2.35. The number of fused-ring (bicyclic) bond motifs is 1. The highest BCUT2D eigenvalue weighted by Crippen LogP contribution is 2.18. The molecule has 1 heterocycles. The van der Waals surface area contributed by atoms with Gasteiger partial charge in [0.1, 0.15) is 11.6 Å². The minimum atomic E-state index is -3.85. The van der Waals surface area contributed by atoms with Crippen LogP contribution in [0.5, 0.6) is 5.75 Å². The molecule has 0 radical (unpaired) electrons. The fraction of sp³-hybridized carbons (Fsp3) is 0.118. The van der Waals surface area contributed by atoms with Gasteiger partial charge in [-0.1, -0.05) is 0 Å². The first-order chi connectivity index (χ1) is 11.9. The number of nitrogens with one attached hydrogen (secondary N) is 2. The first-order valence-corrected chi connectivity index (χ1v) is 8.82. The standard InChI is InChI=1S/C17H15FN2O4S/c1-24-14-5-2-11-8-12(17(21)20-16(11)9-14)10-19-25(22,23)15-6-3-13(18)4-7-15/h2-9,19H,10H2,1H3,(H,20,21). The van der Waals surface area contributed by atoms with Gasteiger partial charge in [-0.15, -0.1) is 0 Å². The Morgan fingerprint density at radius 2 is 1.84 bits per heavy atom. The molecule has 25 heavy (non-hydrogen) atoms. The van der Waals surface area contributed by atoms with Gasteiger partial charge in [0.25, 0.3) is 5.56 Å². The summed E-state index contributed by atoms with van der Waals surface area (Å²) in [6.45, 7) is -0.184. The molecule has 0 atom stereocenters. The number of H-pyrrole nitrogens is 1. The predicted octanol–water partition coefficient (Wildman–Crippen LogP) is 2.15. The zero-order chi connectivity index (χ0) is 18.0. The fourth-order valence-corrected chi connectivity index (χ4v) is 3.36. The summed E-state index contributed by atoms with van der Waals surface area (Å²) >= 11 is 0. The maximum absolute atomic E-state index is 12.9. The van der Waals surface area contributed by atoms with Gasteiger partial charge < -0.3 is 9.72 Å². The summed E-state index contributed by atoms with van der Waals surface area (Å²) in [4.78, 5) is 14.8. The highest BCUT2D eigenvalue weighted by molar-refractivity contribution is 7.89. The molecule has 130 valence electrons. The quantitative estimate of drug-likeness (QED) is 0.728. The molecule has 2 aromatic carbocycles. The molecular formula is C17H15FN2O4S. The summed E-state index contributed by atoms with van der Waals surface area (Å²) in [6, 6.07) is 11.2. The van der Waals surface area contributed by atoms with Crippen molar-refractivity contribution in [2.75, 3.05) is 7.11 Å². The third kappa shape index (κ3) is 3.70. The molecule has 0 amide bonds. The number of aromatic nitrogens is 1. The summed E-state index contributed by atoms with van der Waals surface area (Å²) < 4.78 is 44.8. The van der Waals surface area contributed by atoms with E-state index < -0.39 is 21.4 Å². The number of pyridine rings is 1. The number of halogens is 1. The van der Waals surface area contributed by atoms with Gasteiger partial charge in [-0.25, -0.2) is 17.5 Å². The normalized spacial score (nSPS) is 11.6. The molecular weight excluding hydrogens is 347 g/mol. The Morgan fingerprint density at radius 3 is 2.52 bits per heavy atom. The number of hydrogen-bond acceptors (Lipinski definition) is 4. The first-order valence-electron chi connectivity index (χ1n) is 7.34. The van der Waals surface area contributed by atoms with Crippen molar-refractivity contribution in [1.82, 2.24) is 9.71 Å². The molecule has 3 aromatic rings. The Labute approximate surface area is 143 Å². The van der Waals surface area contributed by atoms with Crippen LogP contribution < -0.4 is 15.0 Å². The number of hydrogen-bond donors (Lipinski definition) is 2. The van der Waals surface area contributed by atoms with E-state index in [2.05, 4.69) is 9.71 Å². The van der Waals surface area contributed by atoms with Gasteiger partial charge in [-0.2, -0.15) is 0 Å². The van der Waals surface area contributed by atoms with E-state index in [0.717, 1.165) is 29.7 Å². The van der Waals surface area contributed by atoms with Gasteiger partial charge in [-0.05, 0) is 47.9 Å². The molecule has 0 aliphatic rings. The Balaban J connectivity index is 1.86. The van der Waals surface area contributed by atoms with Crippen molar-refractivity contribution in [2.24, 2.45) is 0 Å². The van der Waals surface area contributed by atoms with Crippen molar-refractivity contribution in [1.29, 1.82) is 0 Å². The van der Waals surface area contributed by atoms with Crippen molar-refractivity contribution < 1.29 is 17.5 Å². The summed E-state index contributed by atoms with van der Waals surface area (Å²) in [5, 5.41) is 0.747. The number of aromatic amines is 1. The molecule has 2 N–H and O–H groups in total. The lowest BCUT2D eigenvalue weighted by Gasteiger charge is -2.08. The highest BCUT2D eigenvalue weighted by atomic mass is 32.2. The molecule has 1 aromatic heterocycles. The number of benzene rings is 2. The van der Waals surface area contributed by atoms with Gasteiger partial charge in [0, 0.05) is 18.2 Å². The minimum absolute atomic E-state index is 0.0733. The SMILES string of the molecule is COc1ccc2cc(CNS(=O)(=O)c3ccc(F)cc3)c(=O)[nH]c2c1. The van der Waals surface area contributed by atoms with Crippen LogP contribution in [-0.4, -0.2) is 20.5 Å². The third-order valence-corrected chi connectivity index (χ3v) is 5.12. The number of sulfonamides is 1. The van der Waals surface area contributed by atoms with E-state index in [-0.39, 0.29) is 17.0 Å². The van der Waals surface area contributed by atoms with Crippen LogP contribution in [0.4, 0.5) is 4.39 Å². The van der Waals surface area contributed by atoms with Crippen LogP contribution in [0.3, 0.4) is 0 Å². The van der Waals surface area contributed by atoms with Gasteiger partial charge in [0.05, 0.1) is 17.5 Å². The average Bonchev–Trinajstić information content (AvgIpc) is 2.60. The Bertz CT molecular complexity index is 1080. The summed E-state index contributed by atoms with van der Waals surface area (Å²) in [6.07, 6.45) is 0. The summed E-state index contributed by atoms with van der Waals surface area (Å²) in [5.41, 5.74) is 0.459. The summed E-state index contributed by atoms with van der Waals surface area (Å²) in [7, 11) is -2.32. The number of ether oxygens (including phenoxy) is 1. The van der Waals surface area contributed by atoms with Crippen LogP contribution in [0.2, 0.25) is 0 Å². The number of rotatable bonds is 5. The smallest absolute Gasteiger partial charge is 0.252 e. The molecule has 0 aliphatic heterocycles. The molecule has 8 heteroatoms. The van der Waals surface area contributed by atoms with Crippen molar-refractivity contribution >= 4 is 20.9 Å². The van der Waals surface area contributed by atoms with E-state index in [9.17, 15) is 17.6 Å². The van der Waals surface area contributed by atoms with Crippen LogP contribution >= 0.6 is 0 Å². The molecule has 0 bridgehead atoms. The lowest BCUT2D eigenvalue weighted by atomic mass is 10.1. The van der Waals surface area contributed by atoms with Crippen molar-refractivity contribution in [2.45, 2.75) is 11.4 Å². The van der Waals surface area contributed by atoms with Crippen molar-refractivity contribution in [3.63, 3.8) is 0 Å². The van der Waals surface area contributed by atoms with Crippen LogP contribution in [-0.2, 0) is 16.6 Å². The Morgan fingerprint density at radius 1 is 1.12 bits per heavy atom. The zero-order valence-corrected chi connectivity index (χ0v) is 14.1. The predicted molar refractivity (Wildman–Crippen MR) is 91.5 cm³/mol. The summed E-state index contributed by atoms with van der Waals surface area (Å²) in [5.74, 6) is 0.0771. The van der Waals surface area contributed by atoms with Crippen LogP contribution in [0, 0.1) is 5.82 Å². The van der Waals surface area contributed by atoms with E-state index >= 15 is 0 Å². The van der Waals surface area contributed by atoms with Gasteiger partial charge >= 0.3 is 0 Å². The molecule has 6 nitrogen and oxygen atoms in total. The van der Waals surface area contributed by atoms with Crippen molar-refractivity contribution in [3.8, 4) is 5.75 Å². The van der Waals surface area contributed by atoms with Crippen molar-refractivity contribution in [3.05, 3.63) is 70.3 Å². The molecule has 0 spiro atoms. The second-order valence-corrected chi connectivity index (χ2v) is 7.12. The van der Waals surface area contributed by atoms with Crippen LogP contribution in [0.25, 0.3) is 10.9 Å². The molecule has 0 saturated carbocycles. The van der Waals surface area contributed by atoms with Gasteiger partial charge in [0.15, 0.2) is 0 Å². The largest absolute Gasteiger partial charge is 0.497 e. The lowest BCUT2D eigenvalue weighted by molar-refractivity contribution is 0.415. The van der Waals surface area contributed by atoms with Gasteiger partial charge in [0.2, 0.25) is 10.0 Å². The van der Waals surface area contributed by atoms with E-state index in [0.29, 0.717) is 11.3 Å². The maximum atomic E-state index is 12.9. The van der Waals surface area contributed by atoms with Crippen LogP contribution in [0.1, 0.15) is 5.56 Å².